The molecule has 10 nitrogen and oxygen atoms in total. The number of carbonyl (C=O) groups is 4. The van der Waals surface area contributed by atoms with Gasteiger partial charge in [0.25, 0.3) is 0 Å². The number of nitrogens with one attached hydrogen (secondary N) is 1. The van der Waals surface area contributed by atoms with Gasteiger partial charge in [-0.2, -0.15) is 0 Å². The first kappa shape index (κ1) is 36.8. The third kappa shape index (κ3) is 9.89. The lowest BCUT2D eigenvalue weighted by Crippen LogP contribution is -2.60. The van der Waals surface area contributed by atoms with Gasteiger partial charge in [-0.25, -0.2) is 14.5 Å². The number of carbonyl (C=O) groups excluding carboxylic acids is 4. The summed E-state index contributed by atoms with van der Waals surface area (Å²) >= 11 is 0. The molecule has 47 heavy (non-hydrogen) atoms. The predicted molar refractivity (Wildman–Crippen MR) is 187 cm³/mol. The van der Waals surface area contributed by atoms with Gasteiger partial charge in [0, 0.05) is 32.7 Å². The maximum atomic E-state index is 14.3. The second kappa shape index (κ2) is 15.7. The zero-order chi connectivity index (χ0) is 34.9. The molecular formula is C37H49N5O5. The van der Waals surface area contributed by atoms with Crippen LogP contribution in [0.15, 0.2) is 79.4 Å². The van der Waals surface area contributed by atoms with E-state index in [2.05, 4.69) is 11.9 Å². The van der Waals surface area contributed by atoms with Crippen molar-refractivity contribution < 1.29 is 23.9 Å². The summed E-state index contributed by atoms with van der Waals surface area (Å²) in [5.74, 6) is -0.616. The van der Waals surface area contributed by atoms with Gasteiger partial charge in [0.05, 0.1) is 12.1 Å². The number of nitrogens with zero attached hydrogens (tertiary/aromatic N) is 3. The average Bonchev–Trinajstić information content (AvgIpc) is 3.01. The maximum absolute atomic E-state index is 14.3. The predicted octanol–water partition coefficient (Wildman–Crippen LogP) is 5.99. The molecule has 3 aromatic rings. The Morgan fingerprint density at radius 2 is 1.57 bits per heavy atom. The zero-order valence-corrected chi connectivity index (χ0v) is 28.7. The minimum Gasteiger partial charge on any atom is -0.443 e. The Kier molecular flexibility index (Phi) is 12.3. The van der Waals surface area contributed by atoms with Crippen LogP contribution in [0.2, 0.25) is 0 Å². The van der Waals surface area contributed by atoms with Gasteiger partial charge in [-0.15, -0.1) is 6.58 Å². The highest BCUT2D eigenvalue weighted by Gasteiger charge is 2.42. The number of rotatable bonds is 12. The van der Waals surface area contributed by atoms with Crippen molar-refractivity contribution in [3.05, 3.63) is 90.5 Å². The first-order chi connectivity index (χ1) is 22.1. The molecule has 5 amide bonds. The number of anilines is 1. The Morgan fingerprint density at radius 1 is 0.936 bits per heavy atom. The molecule has 0 aliphatic carbocycles. The fourth-order valence-electron chi connectivity index (χ4n) is 5.32. The SMILES string of the molecule is C=CCC(C)(C)N(C(=O)OC(C)(C)C)C(=O)N(C)[C@H](Cc1ccc2ccccc2c1)C(=O)N(C)CCc1ccccc1NC(=O)CN. The summed E-state index contributed by atoms with van der Waals surface area (Å²) in [7, 11) is 3.22. The molecule has 0 saturated heterocycles. The normalized spacial score (nSPS) is 12.2. The van der Waals surface area contributed by atoms with Crippen LogP contribution >= 0.6 is 0 Å². The molecule has 0 bridgehead atoms. The van der Waals surface area contributed by atoms with Crippen LogP contribution in [0.3, 0.4) is 0 Å². The number of nitrogens with two attached hydrogens (primary N) is 1. The molecule has 0 unspecified atom stereocenters. The van der Waals surface area contributed by atoms with E-state index in [4.69, 9.17) is 10.5 Å². The number of imide groups is 1. The quantitative estimate of drug-likeness (QED) is 0.234. The smallest absolute Gasteiger partial charge is 0.419 e. The van der Waals surface area contributed by atoms with Crippen LogP contribution in [0.4, 0.5) is 15.3 Å². The van der Waals surface area contributed by atoms with E-state index in [1.54, 1.807) is 65.8 Å². The van der Waals surface area contributed by atoms with E-state index in [0.717, 1.165) is 26.8 Å². The molecule has 0 aliphatic heterocycles. The van der Waals surface area contributed by atoms with Crippen molar-refractivity contribution in [2.75, 3.05) is 32.5 Å². The number of amides is 5. The monoisotopic (exact) mass is 643 g/mol. The minimum absolute atomic E-state index is 0.145. The molecule has 1 atom stereocenters. The summed E-state index contributed by atoms with van der Waals surface area (Å²) in [5.41, 5.74) is 5.98. The van der Waals surface area contributed by atoms with Gasteiger partial charge >= 0.3 is 12.1 Å². The molecule has 0 aromatic heterocycles. The number of likely N-dealkylation sites (N-methyl/N-ethyl adjacent to an activating group) is 2. The van der Waals surface area contributed by atoms with Crippen molar-refractivity contribution in [2.24, 2.45) is 5.73 Å². The lowest BCUT2D eigenvalue weighted by Gasteiger charge is -2.41. The Bertz CT molecular complexity index is 1600. The highest BCUT2D eigenvalue weighted by Crippen LogP contribution is 2.26. The Labute approximate surface area is 278 Å². The van der Waals surface area contributed by atoms with Gasteiger partial charge in [0.15, 0.2) is 0 Å². The summed E-state index contributed by atoms with van der Waals surface area (Å²) in [4.78, 5) is 58.1. The lowest BCUT2D eigenvalue weighted by atomic mass is 9.98. The van der Waals surface area contributed by atoms with Crippen LogP contribution in [0.1, 0.15) is 52.2 Å². The second-order valence-corrected chi connectivity index (χ2v) is 13.3. The van der Waals surface area contributed by atoms with Crippen LogP contribution in [-0.2, 0) is 27.2 Å². The molecule has 0 fully saturated rings. The Morgan fingerprint density at radius 3 is 2.21 bits per heavy atom. The van der Waals surface area contributed by atoms with E-state index < -0.39 is 29.3 Å². The third-order valence-electron chi connectivity index (χ3n) is 7.88. The van der Waals surface area contributed by atoms with Gasteiger partial charge in [-0.3, -0.25) is 9.59 Å². The largest absolute Gasteiger partial charge is 0.443 e. The Hall–Kier alpha value is -4.70. The van der Waals surface area contributed by atoms with E-state index >= 15 is 0 Å². The van der Waals surface area contributed by atoms with E-state index in [-0.39, 0.29) is 24.8 Å². The molecular weight excluding hydrogens is 594 g/mol. The standard InChI is InChI=1S/C37H49N5O5/c1-9-21-37(5,6)42(35(46)47-36(2,3)4)34(45)41(8)31(24-26-18-19-27-14-10-11-16-29(27)23-26)33(44)40(7)22-20-28-15-12-13-17-30(28)39-32(43)25-38/h9-19,23,31H,1,20-22,24-25,38H2,2-8H3,(H,39,43)/t31-/m1/s1. The van der Waals surface area contributed by atoms with Crippen LogP contribution in [0.25, 0.3) is 10.8 Å². The first-order valence-corrected chi connectivity index (χ1v) is 15.8. The number of hydrogen-bond acceptors (Lipinski definition) is 6. The third-order valence-corrected chi connectivity index (χ3v) is 7.88. The topological polar surface area (TPSA) is 125 Å². The highest BCUT2D eigenvalue weighted by atomic mass is 16.6. The van der Waals surface area contributed by atoms with Gasteiger partial charge in [0.1, 0.15) is 11.6 Å². The summed E-state index contributed by atoms with van der Waals surface area (Å²) in [6.07, 6.45) is 1.81. The van der Waals surface area contributed by atoms with Gasteiger partial charge in [-0.05, 0) is 75.4 Å². The molecule has 3 N–H and O–H groups in total. The molecule has 3 aromatic carbocycles. The molecule has 252 valence electrons. The van der Waals surface area contributed by atoms with Gasteiger partial charge in [-0.1, -0.05) is 66.7 Å². The molecule has 3 rings (SSSR count). The molecule has 0 saturated carbocycles. The van der Waals surface area contributed by atoms with Crippen LogP contribution < -0.4 is 11.1 Å². The van der Waals surface area contributed by atoms with Gasteiger partial charge in [0.2, 0.25) is 11.8 Å². The van der Waals surface area contributed by atoms with Crippen molar-refractivity contribution in [3.8, 4) is 0 Å². The molecule has 0 aliphatic rings. The molecule has 0 radical (unpaired) electrons. The Balaban J connectivity index is 1.97. The van der Waals surface area contributed by atoms with Crippen LogP contribution in [-0.4, -0.2) is 83.0 Å². The average molecular weight is 644 g/mol. The molecule has 10 heteroatoms. The van der Waals surface area contributed by atoms with Gasteiger partial charge < -0.3 is 25.6 Å². The maximum Gasteiger partial charge on any atom is 0.419 e. The lowest BCUT2D eigenvalue weighted by molar-refractivity contribution is -0.134. The number of benzene rings is 3. The van der Waals surface area contributed by atoms with Crippen molar-refractivity contribution in [3.63, 3.8) is 0 Å². The number of para-hydroxylation sites is 1. The molecule has 0 heterocycles. The minimum atomic E-state index is -0.991. The van der Waals surface area contributed by atoms with Crippen molar-refractivity contribution >= 4 is 40.4 Å². The zero-order valence-electron chi connectivity index (χ0n) is 28.7. The van der Waals surface area contributed by atoms with Crippen LogP contribution in [0, 0.1) is 0 Å². The highest BCUT2D eigenvalue weighted by molar-refractivity contribution is 5.95. The first-order valence-electron chi connectivity index (χ1n) is 15.8. The van der Waals surface area contributed by atoms with Crippen LogP contribution in [0.5, 0.6) is 0 Å². The van der Waals surface area contributed by atoms with E-state index in [0.29, 0.717) is 25.1 Å². The summed E-state index contributed by atoms with van der Waals surface area (Å²) in [6, 6.07) is 19.6. The van der Waals surface area contributed by atoms with E-state index in [9.17, 15) is 19.2 Å². The fraction of sp³-hybridized carbons (Fsp3) is 0.405. The van der Waals surface area contributed by atoms with E-state index in [1.165, 1.54) is 4.90 Å². The number of fused-ring (bicyclic) bond motifs is 1. The second-order valence-electron chi connectivity index (χ2n) is 13.3. The van der Waals surface area contributed by atoms with Crippen molar-refractivity contribution in [1.29, 1.82) is 0 Å². The van der Waals surface area contributed by atoms with E-state index in [1.807, 2.05) is 60.7 Å². The van der Waals surface area contributed by atoms with Crippen molar-refractivity contribution in [2.45, 2.75) is 71.1 Å². The summed E-state index contributed by atoms with van der Waals surface area (Å²) in [6.45, 7) is 12.7. The van der Waals surface area contributed by atoms with Crippen molar-refractivity contribution in [1.82, 2.24) is 14.7 Å². The molecule has 0 spiro atoms. The summed E-state index contributed by atoms with van der Waals surface area (Å²) < 4.78 is 5.66. The number of urea groups is 1. The number of hydrogen-bond donors (Lipinski definition) is 2. The summed E-state index contributed by atoms with van der Waals surface area (Å²) in [5, 5.41) is 4.87. The fourth-order valence-corrected chi connectivity index (χ4v) is 5.32. The number of ether oxygens (including phenoxy) is 1.